The number of urea groups is 1. The fourth-order valence-corrected chi connectivity index (χ4v) is 3.75. The van der Waals surface area contributed by atoms with Gasteiger partial charge in [-0.2, -0.15) is 13.5 Å². The highest BCUT2D eigenvalue weighted by Crippen LogP contribution is 2.20. The van der Waals surface area contributed by atoms with Crippen LogP contribution in [0.25, 0.3) is 5.82 Å². The molecule has 0 saturated carbocycles. The Kier molecular flexibility index (Phi) is 5.73. The second-order valence-corrected chi connectivity index (χ2v) is 7.59. The van der Waals surface area contributed by atoms with Gasteiger partial charge in [0, 0.05) is 17.6 Å². The molecule has 30 heavy (non-hydrogen) atoms. The third kappa shape index (κ3) is 4.41. The van der Waals surface area contributed by atoms with Gasteiger partial charge in [0.2, 0.25) is 5.95 Å². The summed E-state index contributed by atoms with van der Waals surface area (Å²) in [5, 5.41) is 5.56. The van der Waals surface area contributed by atoms with Gasteiger partial charge >= 0.3 is 12.0 Å². The second-order valence-electron chi connectivity index (χ2n) is 5.99. The maximum Gasteiger partial charge on any atom is 0.342 e. The van der Waals surface area contributed by atoms with Crippen molar-refractivity contribution in [3.8, 4) is 5.82 Å². The van der Waals surface area contributed by atoms with E-state index in [1.165, 1.54) is 12.3 Å². The van der Waals surface area contributed by atoms with Gasteiger partial charge in [0.25, 0.3) is 10.0 Å². The van der Waals surface area contributed by atoms with Crippen LogP contribution in [0.3, 0.4) is 0 Å². The number of hydrogen-bond donors (Lipinski definition) is 2. The fraction of sp³-hybridized carbons (Fsp3) is 0.176. The monoisotopic (exact) mass is 431 g/mol. The molecule has 3 aromatic heterocycles. The number of methoxy groups -OCH3 is 1. The van der Waals surface area contributed by atoms with Crippen LogP contribution in [0.1, 0.15) is 21.7 Å². The number of amides is 2. The minimum atomic E-state index is -4.58. The zero-order chi connectivity index (χ0) is 21.9. The Balaban J connectivity index is 1.97. The molecular weight excluding hydrogens is 414 g/mol. The minimum absolute atomic E-state index is 0.0772. The van der Waals surface area contributed by atoms with Crippen LogP contribution < -0.4 is 10.0 Å². The van der Waals surface area contributed by atoms with Crippen molar-refractivity contribution in [3.05, 3.63) is 53.6 Å². The molecule has 0 aliphatic rings. The summed E-state index contributed by atoms with van der Waals surface area (Å²) in [4.78, 5) is 36.4. The summed E-state index contributed by atoms with van der Waals surface area (Å²) in [5.74, 6) is -0.909. The van der Waals surface area contributed by atoms with Crippen molar-refractivity contribution in [2.75, 3.05) is 12.4 Å². The first-order valence-electron chi connectivity index (χ1n) is 8.45. The number of hydrogen-bond acceptors (Lipinski definition) is 9. The Labute approximate surface area is 171 Å². The van der Waals surface area contributed by atoms with Gasteiger partial charge in [0.15, 0.2) is 10.8 Å². The summed E-state index contributed by atoms with van der Waals surface area (Å²) in [5.41, 5.74) is 0.801. The number of anilines is 1. The molecule has 0 aliphatic heterocycles. The number of carbonyl (C=O) groups excluding carboxylic acids is 2. The van der Waals surface area contributed by atoms with Crippen LogP contribution in [0.2, 0.25) is 0 Å². The first-order chi connectivity index (χ1) is 14.2. The highest BCUT2D eigenvalue weighted by atomic mass is 32.2. The molecule has 156 valence electrons. The van der Waals surface area contributed by atoms with Crippen molar-refractivity contribution >= 4 is 28.0 Å². The Morgan fingerprint density at radius 3 is 2.43 bits per heavy atom. The molecule has 0 aliphatic carbocycles. The van der Waals surface area contributed by atoms with Crippen LogP contribution in [0.5, 0.6) is 0 Å². The van der Waals surface area contributed by atoms with E-state index in [1.54, 1.807) is 32.0 Å². The van der Waals surface area contributed by atoms with Crippen molar-refractivity contribution in [3.63, 3.8) is 0 Å². The summed E-state index contributed by atoms with van der Waals surface area (Å²) in [6, 6.07) is 5.28. The summed E-state index contributed by atoms with van der Waals surface area (Å²) in [7, 11) is -3.49. The van der Waals surface area contributed by atoms with Crippen molar-refractivity contribution < 1.29 is 22.7 Å². The first kappa shape index (κ1) is 20.9. The van der Waals surface area contributed by atoms with Crippen molar-refractivity contribution in [1.29, 1.82) is 0 Å². The zero-order valence-electron chi connectivity index (χ0n) is 16.1. The molecule has 0 saturated heterocycles. The van der Waals surface area contributed by atoms with E-state index >= 15 is 0 Å². The van der Waals surface area contributed by atoms with Crippen LogP contribution in [0.15, 0.2) is 41.7 Å². The number of ether oxygens (including phenoxy) is 1. The van der Waals surface area contributed by atoms with Crippen LogP contribution in [0.4, 0.5) is 10.7 Å². The molecule has 0 spiro atoms. The molecule has 0 bridgehead atoms. The van der Waals surface area contributed by atoms with Gasteiger partial charge < -0.3 is 4.74 Å². The third-order valence-corrected chi connectivity index (χ3v) is 5.04. The molecule has 13 heteroatoms. The van der Waals surface area contributed by atoms with Crippen LogP contribution in [-0.2, 0) is 14.8 Å². The van der Waals surface area contributed by atoms with Gasteiger partial charge in [-0.15, -0.1) is 0 Å². The van der Waals surface area contributed by atoms with Crippen molar-refractivity contribution in [1.82, 2.24) is 29.5 Å². The lowest BCUT2D eigenvalue weighted by atomic mass is 10.4. The van der Waals surface area contributed by atoms with Gasteiger partial charge in [0.1, 0.15) is 5.56 Å². The topological polar surface area (TPSA) is 158 Å². The zero-order valence-corrected chi connectivity index (χ0v) is 17.0. The lowest BCUT2D eigenvalue weighted by Crippen LogP contribution is -2.36. The van der Waals surface area contributed by atoms with E-state index in [0.717, 1.165) is 18.0 Å². The molecule has 2 N–H and O–H groups in total. The molecular formula is C17H17N7O5S. The highest BCUT2D eigenvalue weighted by molar-refractivity contribution is 7.90. The predicted octanol–water partition coefficient (Wildman–Crippen LogP) is 0.971. The summed E-state index contributed by atoms with van der Waals surface area (Å²) >= 11 is 0. The second kappa shape index (κ2) is 8.24. The summed E-state index contributed by atoms with van der Waals surface area (Å²) < 4.78 is 33.3. The number of nitrogens with one attached hydrogen (secondary N) is 2. The maximum atomic E-state index is 13.0. The van der Waals surface area contributed by atoms with E-state index in [1.807, 2.05) is 4.72 Å². The lowest BCUT2D eigenvalue weighted by Gasteiger charge is -2.11. The third-order valence-electron chi connectivity index (χ3n) is 3.69. The van der Waals surface area contributed by atoms with E-state index in [9.17, 15) is 18.0 Å². The van der Waals surface area contributed by atoms with Gasteiger partial charge in [0.05, 0.1) is 13.3 Å². The minimum Gasteiger partial charge on any atom is -0.465 e. The number of esters is 1. The number of aromatic nitrogens is 5. The summed E-state index contributed by atoms with van der Waals surface area (Å²) in [6.45, 7) is 3.39. The SMILES string of the molecule is COC(=O)c1cnn(-c2ccccn2)c1S(=O)(=O)NC(=O)Nc1nc(C)cc(C)n1. The normalized spacial score (nSPS) is 11.0. The van der Waals surface area contributed by atoms with E-state index in [0.29, 0.717) is 11.4 Å². The molecule has 0 atom stereocenters. The van der Waals surface area contributed by atoms with Crippen LogP contribution in [0, 0.1) is 13.8 Å². The number of nitrogens with zero attached hydrogens (tertiary/aromatic N) is 5. The van der Waals surface area contributed by atoms with E-state index in [4.69, 9.17) is 0 Å². The standard InChI is InChI=1S/C17H17N7O5S/c1-10-8-11(2)21-16(20-10)22-17(26)23-30(27,28)14-12(15(25)29-3)9-19-24(14)13-6-4-5-7-18-13/h4-9H,1-3H3,(H2,20,21,22,23,26). The van der Waals surface area contributed by atoms with E-state index < -0.39 is 27.0 Å². The molecule has 0 radical (unpaired) electrons. The highest BCUT2D eigenvalue weighted by Gasteiger charge is 2.31. The molecule has 3 aromatic rings. The largest absolute Gasteiger partial charge is 0.465 e. The molecule has 3 heterocycles. The van der Waals surface area contributed by atoms with Gasteiger partial charge in [-0.1, -0.05) is 6.07 Å². The Hall–Kier alpha value is -3.87. The van der Waals surface area contributed by atoms with Crippen LogP contribution in [-0.4, -0.2) is 52.3 Å². The number of pyridine rings is 1. The number of carbonyl (C=O) groups is 2. The molecule has 12 nitrogen and oxygen atoms in total. The average molecular weight is 431 g/mol. The fourth-order valence-electron chi connectivity index (χ4n) is 2.57. The molecule has 2 amide bonds. The predicted molar refractivity (Wildman–Crippen MR) is 104 cm³/mol. The smallest absolute Gasteiger partial charge is 0.342 e. The Bertz CT molecular complexity index is 1190. The van der Waals surface area contributed by atoms with Gasteiger partial charge in [-0.05, 0) is 32.0 Å². The average Bonchev–Trinajstić information content (AvgIpc) is 3.13. The quantitative estimate of drug-likeness (QED) is 0.561. The van der Waals surface area contributed by atoms with E-state index in [-0.39, 0.29) is 17.3 Å². The summed E-state index contributed by atoms with van der Waals surface area (Å²) in [6.07, 6.45) is 2.43. The number of rotatable bonds is 5. The van der Waals surface area contributed by atoms with Crippen molar-refractivity contribution in [2.45, 2.75) is 18.9 Å². The molecule has 3 rings (SSSR count). The van der Waals surface area contributed by atoms with Crippen LogP contribution >= 0.6 is 0 Å². The maximum absolute atomic E-state index is 13.0. The first-order valence-corrected chi connectivity index (χ1v) is 9.93. The Morgan fingerprint density at radius 1 is 1.13 bits per heavy atom. The Morgan fingerprint density at radius 2 is 1.83 bits per heavy atom. The van der Waals surface area contributed by atoms with Crippen molar-refractivity contribution in [2.24, 2.45) is 0 Å². The molecule has 0 aromatic carbocycles. The molecule has 0 fully saturated rings. The van der Waals surface area contributed by atoms with E-state index in [2.05, 4.69) is 30.1 Å². The molecule has 0 unspecified atom stereocenters. The lowest BCUT2D eigenvalue weighted by molar-refractivity contribution is 0.0596. The van der Waals surface area contributed by atoms with Gasteiger partial charge in [-0.25, -0.2) is 33.9 Å². The number of aryl methyl sites for hydroxylation is 2. The number of sulfonamides is 1. The van der Waals surface area contributed by atoms with Gasteiger partial charge in [-0.3, -0.25) is 5.32 Å².